The Labute approximate surface area is 173 Å². The van der Waals surface area contributed by atoms with E-state index in [0.29, 0.717) is 11.6 Å². The van der Waals surface area contributed by atoms with Crippen LogP contribution in [0.3, 0.4) is 0 Å². The van der Waals surface area contributed by atoms with Gasteiger partial charge in [0.15, 0.2) is 0 Å². The van der Waals surface area contributed by atoms with Crippen molar-refractivity contribution in [1.29, 1.82) is 0 Å². The molecule has 2 aromatic rings. The molecule has 0 saturated heterocycles. The van der Waals surface area contributed by atoms with E-state index < -0.39 is 10.0 Å². The van der Waals surface area contributed by atoms with Gasteiger partial charge < -0.3 is 5.32 Å². The van der Waals surface area contributed by atoms with Gasteiger partial charge in [0, 0.05) is 6.04 Å². The summed E-state index contributed by atoms with van der Waals surface area (Å²) in [5.41, 5.74) is 2.52. The average molecular weight is 413 g/mol. The zero-order valence-corrected chi connectivity index (χ0v) is 17.8. The van der Waals surface area contributed by atoms with Crippen LogP contribution >= 0.6 is 0 Å². The van der Waals surface area contributed by atoms with Gasteiger partial charge >= 0.3 is 0 Å². The molecule has 0 radical (unpaired) electrons. The van der Waals surface area contributed by atoms with E-state index in [1.807, 2.05) is 26.0 Å². The first-order valence-electron chi connectivity index (χ1n) is 10.3. The highest BCUT2D eigenvalue weighted by molar-refractivity contribution is 7.92. The van der Waals surface area contributed by atoms with Crippen LogP contribution in [0.5, 0.6) is 0 Å². The third kappa shape index (κ3) is 4.17. The molecule has 0 aromatic heterocycles. The minimum absolute atomic E-state index is 0.184. The fourth-order valence-electron chi connectivity index (χ4n) is 4.67. The lowest BCUT2D eigenvalue weighted by atomic mass is 9.95. The molecule has 1 N–H and O–H groups in total. The number of hydrogen-bond donors (Lipinski definition) is 1. The zero-order valence-electron chi connectivity index (χ0n) is 17.0. The smallest absolute Gasteiger partial charge is 0.264 e. The second kappa shape index (κ2) is 7.82. The maximum Gasteiger partial charge on any atom is 0.264 e. The Balaban J connectivity index is 1.59. The third-order valence-electron chi connectivity index (χ3n) is 6.30. The van der Waals surface area contributed by atoms with Gasteiger partial charge in [-0.15, -0.1) is 0 Å². The van der Waals surface area contributed by atoms with Crippen LogP contribution in [0.2, 0.25) is 0 Å². The minimum Gasteiger partial charge on any atom is -0.352 e. The number of carbonyl (C=O) groups is 1. The molecule has 2 fully saturated rings. The Morgan fingerprint density at radius 2 is 1.59 bits per heavy atom. The van der Waals surface area contributed by atoms with E-state index >= 15 is 0 Å². The lowest BCUT2D eigenvalue weighted by molar-refractivity contribution is -0.120. The van der Waals surface area contributed by atoms with E-state index in [2.05, 4.69) is 5.32 Å². The zero-order chi connectivity index (χ0) is 20.6. The molecule has 29 heavy (non-hydrogen) atoms. The van der Waals surface area contributed by atoms with Gasteiger partial charge in [0.2, 0.25) is 5.91 Å². The van der Waals surface area contributed by atoms with Crippen LogP contribution in [-0.2, 0) is 14.8 Å². The van der Waals surface area contributed by atoms with E-state index in [-0.39, 0.29) is 23.4 Å². The molecular weight excluding hydrogens is 384 g/mol. The van der Waals surface area contributed by atoms with Gasteiger partial charge in [0.05, 0.1) is 10.6 Å². The van der Waals surface area contributed by atoms with Gasteiger partial charge in [-0.1, -0.05) is 41.8 Å². The Morgan fingerprint density at radius 1 is 0.966 bits per heavy atom. The largest absolute Gasteiger partial charge is 0.352 e. The van der Waals surface area contributed by atoms with E-state index in [0.717, 1.165) is 23.5 Å². The standard InChI is InChI=1S/C23H28N2O3S/c1-16-3-9-20(10-4-16)25(29(27,28)21-11-5-17(2)6-12-21)15-23(26)24-22-14-18-7-8-19(22)13-18/h3-6,9-12,18-19,22H,7-8,13-15H2,1-2H3,(H,24,26). The molecule has 0 spiro atoms. The molecule has 4 rings (SSSR count). The summed E-state index contributed by atoms with van der Waals surface area (Å²) in [6, 6.07) is 14.2. The van der Waals surface area contributed by atoms with Gasteiger partial charge in [-0.05, 0) is 69.2 Å². The number of benzene rings is 2. The van der Waals surface area contributed by atoms with Crippen LogP contribution in [-0.4, -0.2) is 26.9 Å². The van der Waals surface area contributed by atoms with Gasteiger partial charge in [-0.25, -0.2) is 8.42 Å². The highest BCUT2D eigenvalue weighted by Gasteiger charge is 2.40. The molecule has 2 saturated carbocycles. The van der Waals surface area contributed by atoms with Crippen molar-refractivity contribution >= 4 is 21.6 Å². The molecule has 2 bridgehead atoms. The Morgan fingerprint density at radius 3 is 2.14 bits per heavy atom. The predicted octanol–water partition coefficient (Wildman–Crippen LogP) is 3.80. The van der Waals surface area contributed by atoms with Crippen molar-refractivity contribution in [1.82, 2.24) is 5.32 Å². The predicted molar refractivity (Wildman–Crippen MR) is 114 cm³/mol. The Kier molecular flexibility index (Phi) is 5.38. The number of anilines is 1. The highest BCUT2D eigenvalue weighted by Crippen LogP contribution is 2.44. The number of rotatable bonds is 6. The molecule has 6 heteroatoms. The first kappa shape index (κ1) is 20.0. The Bertz CT molecular complexity index is 984. The first-order valence-corrected chi connectivity index (χ1v) is 11.7. The van der Waals surface area contributed by atoms with Crippen molar-refractivity contribution < 1.29 is 13.2 Å². The molecule has 3 atom stereocenters. The third-order valence-corrected chi connectivity index (χ3v) is 8.09. The molecular formula is C23H28N2O3S. The molecule has 1 amide bonds. The fraction of sp³-hybridized carbons (Fsp3) is 0.435. The molecule has 2 aliphatic rings. The monoisotopic (exact) mass is 412 g/mol. The number of aryl methyl sites for hydroxylation is 2. The second-order valence-corrected chi connectivity index (χ2v) is 10.4. The molecule has 0 aliphatic heterocycles. The average Bonchev–Trinajstić information content (AvgIpc) is 3.30. The summed E-state index contributed by atoms with van der Waals surface area (Å²) in [7, 11) is -3.85. The summed E-state index contributed by atoms with van der Waals surface area (Å²) in [6.07, 6.45) is 4.63. The van der Waals surface area contributed by atoms with Gasteiger partial charge in [0.1, 0.15) is 6.54 Å². The summed E-state index contributed by atoms with van der Waals surface area (Å²) in [5, 5.41) is 3.11. The maximum atomic E-state index is 13.4. The van der Waals surface area contributed by atoms with Crippen LogP contribution < -0.4 is 9.62 Å². The maximum absolute atomic E-state index is 13.4. The quantitative estimate of drug-likeness (QED) is 0.785. The van der Waals surface area contributed by atoms with Gasteiger partial charge in [-0.2, -0.15) is 0 Å². The molecule has 2 aliphatic carbocycles. The number of sulfonamides is 1. The normalized spacial score (nSPS) is 23.2. The molecule has 2 aromatic carbocycles. The lowest BCUT2D eigenvalue weighted by Gasteiger charge is -2.27. The van der Waals surface area contributed by atoms with Crippen LogP contribution in [0.1, 0.15) is 36.8 Å². The summed E-state index contributed by atoms with van der Waals surface area (Å²) in [5.74, 6) is 1.03. The van der Waals surface area contributed by atoms with Crippen LogP contribution in [0, 0.1) is 25.7 Å². The van der Waals surface area contributed by atoms with E-state index in [1.54, 1.807) is 36.4 Å². The first-order chi connectivity index (χ1) is 13.8. The van der Waals surface area contributed by atoms with Gasteiger partial charge in [0.25, 0.3) is 10.0 Å². The van der Waals surface area contributed by atoms with Crippen molar-refractivity contribution in [2.75, 3.05) is 10.8 Å². The van der Waals surface area contributed by atoms with Crippen LogP contribution in [0.15, 0.2) is 53.4 Å². The second-order valence-electron chi connectivity index (χ2n) is 8.51. The number of fused-ring (bicyclic) bond motifs is 2. The summed E-state index contributed by atoms with van der Waals surface area (Å²) in [4.78, 5) is 13.0. The Hall–Kier alpha value is -2.34. The minimum atomic E-state index is -3.85. The summed E-state index contributed by atoms with van der Waals surface area (Å²) in [6.45, 7) is 3.65. The summed E-state index contributed by atoms with van der Waals surface area (Å²) < 4.78 is 28.0. The van der Waals surface area contributed by atoms with Crippen molar-refractivity contribution in [3.63, 3.8) is 0 Å². The number of nitrogens with zero attached hydrogens (tertiary/aromatic N) is 1. The van der Waals surface area contributed by atoms with E-state index in [1.165, 1.54) is 23.6 Å². The fourth-order valence-corrected chi connectivity index (χ4v) is 6.09. The lowest BCUT2D eigenvalue weighted by Crippen LogP contribution is -2.46. The number of nitrogens with one attached hydrogen (secondary N) is 1. The van der Waals surface area contributed by atoms with Crippen molar-refractivity contribution in [2.24, 2.45) is 11.8 Å². The molecule has 5 nitrogen and oxygen atoms in total. The number of carbonyl (C=O) groups excluding carboxylic acids is 1. The summed E-state index contributed by atoms with van der Waals surface area (Å²) >= 11 is 0. The SMILES string of the molecule is Cc1ccc(N(CC(=O)NC2CC3CCC2C3)S(=O)(=O)c2ccc(C)cc2)cc1. The van der Waals surface area contributed by atoms with E-state index in [9.17, 15) is 13.2 Å². The van der Waals surface area contributed by atoms with E-state index in [4.69, 9.17) is 0 Å². The van der Waals surface area contributed by atoms with Crippen molar-refractivity contribution in [3.05, 3.63) is 59.7 Å². The van der Waals surface area contributed by atoms with Crippen molar-refractivity contribution in [3.8, 4) is 0 Å². The van der Waals surface area contributed by atoms with Crippen LogP contribution in [0.25, 0.3) is 0 Å². The number of hydrogen-bond acceptors (Lipinski definition) is 3. The molecule has 154 valence electrons. The topological polar surface area (TPSA) is 66.5 Å². The molecule has 3 unspecified atom stereocenters. The molecule has 0 heterocycles. The number of amides is 1. The van der Waals surface area contributed by atoms with Crippen molar-refractivity contribution in [2.45, 2.75) is 50.5 Å². The highest BCUT2D eigenvalue weighted by atomic mass is 32.2. The van der Waals surface area contributed by atoms with Gasteiger partial charge in [-0.3, -0.25) is 9.10 Å². The van der Waals surface area contributed by atoms with Crippen LogP contribution in [0.4, 0.5) is 5.69 Å².